The zero-order valence-electron chi connectivity index (χ0n) is 17.6. The molecule has 0 saturated carbocycles. The summed E-state index contributed by atoms with van der Waals surface area (Å²) >= 11 is 1.37. The Kier molecular flexibility index (Phi) is 7.72. The summed E-state index contributed by atoms with van der Waals surface area (Å²) in [6.07, 6.45) is 3.12. The number of carbonyl (C=O) groups is 1. The van der Waals surface area contributed by atoms with E-state index in [-0.39, 0.29) is 23.3 Å². The van der Waals surface area contributed by atoms with Gasteiger partial charge in [-0.2, -0.15) is 0 Å². The van der Waals surface area contributed by atoms with Crippen molar-refractivity contribution in [1.29, 1.82) is 0 Å². The summed E-state index contributed by atoms with van der Waals surface area (Å²) in [7, 11) is 0. The first-order chi connectivity index (χ1) is 14.0. The number of fused-ring (bicyclic) bond motifs is 1. The van der Waals surface area contributed by atoms with E-state index in [9.17, 15) is 9.59 Å². The van der Waals surface area contributed by atoms with Gasteiger partial charge in [0.25, 0.3) is 5.56 Å². The Labute approximate surface area is 176 Å². The molecule has 6 nitrogen and oxygen atoms in total. The van der Waals surface area contributed by atoms with E-state index in [4.69, 9.17) is 9.72 Å². The number of rotatable bonds is 8. The lowest BCUT2D eigenvalue weighted by molar-refractivity contribution is -0.132. The summed E-state index contributed by atoms with van der Waals surface area (Å²) in [4.78, 5) is 32.4. The number of thioether (sulfide) groups is 1. The van der Waals surface area contributed by atoms with Gasteiger partial charge in [0.1, 0.15) is 0 Å². The van der Waals surface area contributed by atoms with E-state index in [0.717, 1.165) is 19.3 Å². The van der Waals surface area contributed by atoms with Crippen molar-refractivity contribution >= 4 is 28.6 Å². The third kappa shape index (κ3) is 5.60. The minimum absolute atomic E-state index is 0.0195. The van der Waals surface area contributed by atoms with Gasteiger partial charge in [-0.3, -0.25) is 14.2 Å². The molecule has 0 N–H and O–H groups in total. The van der Waals surface area contributed by atoms with Crippen molar-refractivity contribution < 1.29 is 9.53 Å². The van der Waals surface area contributed by atoms with E-state index in [1.54, 1.807) is 4.57 Å². The summed E-state index contributed by atoms with van der Waals surface area (Å²) in [5, 5.41) is 1.26. The highest BCUT2D eigenvalue weighted by Gasteiger charge is 2.20. The molecule has 7 heteroatoms. The van der Waals surface area contributed by atoms with Crippen molar-refractivity contribution in [3.05, 3.63) is 34.6 Å². The van der Waals surface area contributed by atoms with E-state index in [1.165, 1.54) is 11.8 Å². The number of nitrogens with zero attached hydrogens (tertiary/aromatic N) is 3. The van der Waals surface area contributed by atoms with Crippen LogP contribution in [0.2, 0.25) is 0 Å². The maximum atomic E-state index is 13.2. The average Bonchev–Trinajstić information content (AvgIpc) is 2.72. The number of morpholine rings is 1. The molecule has 158 valence electrons. The van der Waals surface area contributed by atoms with Crippen molar-refractivity contribution in [1.82, 2.24) is 14.5 Å². The number of para-hydroxylation sites is 1. The van der Waals surface area contributed by atoms with Crippen molar-refractivity contribution in [2.75, 3.05) is 32.1 Å². The Hall–Kier alpha value is -1.86. The van der Waals surface area contributed by atoms with Gasteiger partial charge < -0.3 is 9.64 Å². The molecule has 29 heavy (non-hydrogen) atoms. The second-order valence-electron chi connectivity index (χ2n) is 8.04. The van der Waals surface area contributed by atoms with E-state index < -0.39 is 0 Å². The first kappa shape index (κ1) is 21.8. The first-order valence-corrected chi connectivity index (χ1v) is 11.5. The second kappa shape index (κ2) is 10.3. The van der Waals surface area contributed by atoms with E-state index in [0.29, 0.717) is 48.3 Å². The molecule has 0 spiro atoms. The molecular formula is C22H31N3O3S. The molecule has 3 rings (SSSR count). The van der Waals surface area contributed by atoms with Crippen LogP contribution >= 0.6 is 11.8 Å². The Balaban J connectivity index is 1.83. The second-order valence-corrected chi connectivity index (χ2v) is 8.98. The first-order valence-electron chi connectivity index (χ1n) is 10.5. The largest absolute Gasteiger partial charge is 0.378 e. The SMILES string of the molecule is CC(C)CCCC(C)n1c(SCC(=O)N2CCOCC2)nc2ccccc2c1=O. The van der Waals surface area contributed by atoms with Gasteiger partial charge >= 0.3 is 0 Å². The molecule has 0 radical (unpaired) electrons. The van der Waals surface area contributed by atoms with Crippen molar-refractivity contribution in [3.8, 4) is 0 Å². The molecule has 1 saturated heterocycles. The van der Waals surface area contributed by atoms with Gasteiger partial charge in [-0.1, -0.05) is 50.6 Å². The number of ether oxygens (including phenoxy) is 1. The van der Waals surface area contributed by atoms with Gasteiger partial charge in [-0.25, -0.2) is 4.98 Å². The van der Waals surface area contributed by atoms with Gasteiger partial charge in [0.15, 0.2) is 5.16 Å². The average molecular weight is 418 g/mol. The Morgan fingerprint density at radius 1 is 1.17 bits per heavy atom. The molecule has 2 heterocycles. The van der Waals surface area contributed by atoms with Crippen molar-refractivity contribution in [2.45, 2.75) is 51.2 Å². The van der Waals surface area contributed by atoms with Crippen molar-refractivity contribution in [3.63, 3.8) is 0 Å². The lowest BCUT2D eigenvalue weighted by Gasteiger charge is -2.27. The molecular weight excluding hydrogens is 386 g/mol. The zero-order valence-corrected chi connectivity index (χ0v) is 18.4. The highest BCUT2D eigenvalue weighted by Crippen LogP contribution is 2.24. The Bertz CT molecular complexity index is 890. The minimum Gasteiger partial charge on any atom is -0.378 e. The molecule has 1 unspecified atom stereocenters. The summed E-state index contributed by atoms with van der Waals surface area (Å²) in [6, 6.07) is 7.49. The molecule has 0 aliphatic carbocycles. The Morgan fingerprint density at radius 3 is 2.62 bits per heavy atom. The molecule has 2 aromatic rings. The van der Waals surface area contributed by atoms with Gasteiger partial charge in [0.2, 0.25) is 5.91 Å². The number of hydrogen-bond acceptors (Lipinski definition) is 5. The lowest BCUT2D eigenvalue weighted by atomic mass is 10.0. The predicted octanol–water partition coefficient (Wildman–Crippen LogP) is 3.73. The van der Waals surface area contributed by atoms with Crippen LogP contribution in [-0.4, -0.2) is 52.4 Å². The fourth-order valence-corrected chi connectivity index (χ4v) is 4.60. The molecule has 0 bridgehead atoms. The monoisotopic (exact) mass is 417 g/mol. The maximum Gasteiger partial charge on any atom is 0.262 e. The summed E-state index contributed by atoms with van der Waals surface area (Å²) in [6.45, 7) is 8.93. The fraction of sp³-hybridized carbons (Fsp3) is 0.591. The molecule has 1 fully saturated rings. The summed E-state index contributed by atoms with van der Waals surface area (Å²) < 4.78 is 7.11. The summed E-state index contributed by atoms with van der Waals surface area (Å²) in [5.41, 5.74) is 0.665. The van der Waals surface area contributed by atoms with Gasteiger partial charge in [0.05, 0.1) is 29.9 Å². The molecule has 1 aliphatic heterocycles. The normalized spacial score (nSPS) is 15.8. The molecule has 1 amide bonds. The maximum absolute atomic E-state index is 13.2. The molecule has 1 aromatic heterocycles. The van der Waals surface area contributed by atoms with Crippen LogP contribution in [0.4, 0.5) is 0 Å². The lowest BCUT2D eigenvalue weighted by Crippen LogP contribution is -2.41. The standard InChI is InChI=1S/C22H31N3O3S/c1-16(2)7-6-8-17(3)25-21(27)18-9-4-5-10-19(18)23-22(25)29-15-20(26)24-11-13-28-14-12-24/h4-5,9-10,16-17H,6-8,11-15H2,1-3H3. The number of carbonyl (C=O) groups excluding carboxylic acids is 1. The highest BCUT2D eigenvalue weighted by molar-refractivity contribution is 7.99. The molecule has 1 aromatic carbocycles. The van der Waals surface area contributed by atoms with E-state index in [1.807, 2.05) is 29.2 Å². The smallest absolute Gasteiger partial charge is 0.262 e. The Morgan fingerprint density at radius 2 is 1.90 bits per heavy atom. The van der Waals surface area contributed by atoms with Crippen LogP contribution in [0.1, 0.15) is 46.1 Å². The fourth-order valence-electron chi connectivity index (χ4n) is 3.60. The number of amides is 1. The van der Waals surface area contributed by atoms with Gasteiger partial charge in [-0.05, 0) is 31.4 Å². The minimum atomic E-state index is -0.0195. The van der Waals surface area contributed by atoms with E-state index in [2.05, 4.69) is 20.8 Å². The van der Waals surface area contributed by atoms with E-state index >= 15 is 0 Å². The number of benzene rings is 1. The van der Waals surface area contributed by atoms with Gasteiger partial charge in [-0.15, -0.1) is 0 Å². The third-order valence-electron chi connectivity index (χ3n) is 5.31. The summed E-state index contributed by atoms with van der Waals surface area (Å²) in [5.74, 6) is 0.997. The number of aromatic nitrogens is 2. The third-order valence-corrected chi connectivity index (χ3v) is 6.25. The topological polar surface area (TPSA) is 64.4 Å². The van der Waals surface area contributed by atoms with Crippen molar-refractivity contribution in [2.24, 2.45) is 5.92 Å². The van der Waals surface area contributed by atoms with Crippen LogP contribution < -0.4 is 5.56 Å². The van der Waals surface area contributed by atoms with Crippen LogP contribution in [0.25, 0.3) is 10.9 Å². The van der Waals surface area contributed by atoms with Crippen LogP contribution in [-0.2, 0) is 9.53 Å². The van der Waals surface area contributed by atoms with Crippen LogP contribution in [0, 0.1) is 5.92 Å². The highest BCUT2D eigenvalue weighted by atomic mass is 32.2. The zero-order chi connectivity index (χ0) is 20.8. The predicted molar refractivity (Wildman–Crippen MR) is 118 cm³/mol. The molecule has 1 atom stereocenters. The van der Waals surface area contributed by atoms with Crippen LogP contribution in [0.3, 0.4) is 0 Å². The number of hydrogen-bond donors (Lipinski definition) is 0. The van der Waals surface area contributed by atoms with Crippen LogP contribution in [0.5, 0.6) is 0 Å². The van der Waals surface area contributed by atoms with Crippen LogP contribution in [0.15, 0.2) is 34.2 Å². The molecule has 1 aliphatic rings. The van der Waals surface area contributed by atoms with Gasteiger partial charge in [0, 0.05) is 19.1 Å². The quantitative estimate of drug-likeness (QED) is 0.484.